The second-order valence-corrected chi connectivity index (χ2v) is 9.95. The Bertz CT molecular complexity index is 505. The smallest absolute Gasteiger partial charge is 0.0454 e. The third kappa shape index (κ3) is 5.63. The topological polar surface area (TPSA) is 0 Å². The Hall–Kier alpha value is 0.1000. The average Bonchev–Trinajstić information content (AvgIpc) is 3.18. The van der Waals surface area contributed by atoms with Crippen molar-refractivity contribution in [3.8, 4) is 9.75 Å². The van der Waals surface area contributed by atoms with Gasteiger partial charge in [0, 0.05) is 41.8 Å². The molecule has 4 heteroatoms. The Morgan fingerprint density at radius 3 is 1.59 bits per heavy atom. The van der Waals surface area contributed by atoms with E-state index in [9.17, 15) is 0 Å². The van der Waals surface area contributed by atoms with Crippen LogP contribution >= 0.6 is 46.2 Å². The monoisotopic (exact) mass is 370 g/mol. The average molecular weight is 371 g/mol. The molecule has 0 aliphatic rings. The van der Waals surface area contributed by atoms with Crippen LogP contribution in [0.2, 0.25) is 0 Å². The van der Waals surface area contributed by atoms with E-state index in [2.05, 4.69) is 50.6 Å². The minimum absolute atomic E-state index is 0.804. The zero-order valence-electron chi connectivity index (χ0n) is 13.9. The maximum atomic E-state index is 2.37. The predicted molar refractivity (Wildman–Crippen MR) is 108 cm³/mol. The summed E-state index contributed by atoms with van der Waals surface area (Å²) >= 11 is 7.77. The van der Waals surface area contributed by atoms with Gasteiger partial charge in [0.1, 0.15) is 0 Å². The lowest BCUT2D eigenvalue weighted by molar-refractivity contribution is 0.637. The summed E-state index contributed by atoms with van der Waals surface area (Å²) < 4.78 is 0. The van der Waals surface area contributed by atoms with Gasteiger partial charge in [-0.05, 0) is 24.0 Å². The van der Waals surface area contributed by atoms with Crippen LogP contribution in [0.4, 0.5) is 0 Å². The molecule has 2 aromatic heterocycles. The lowest BCUT2D eigenvalue weighted by Gasteiger charge is -2.05. The number of thioether (sulfide) groups is 2. The van der Waals surface area contributed by atoms with Crippen LogP contribution in [-0.4, -0.2) is 11.5 Å². The van der Waals surface area contributed by atoms with Gasteiger partial charge in [0.25, 0.3) is 0 Å². The first kappa shape index (κ1) is 18.4. The molecule has 0 spiro atoms. The van der Waals surface area contributed by atoms with Crippen molar-refractivity contribution in [2.75, 3.05) is 11.5 Å². The molecule has 0 N–H and O–H groups in total. The quantitative estimate of drug-likeness (QED) is 0.414. The molecule has 2 atom stereocenters. The third-order valence-corrected chi connectivity index (χ3v) is 8.82. The molecule has 0 nitrogen and oxygen atoms in total. The van der Waals surface area contributed by atoms with Gasteiger partial charge in [0.05, 0.1) is 0 Å². The molecule has 2 unspecified atom stereocenters. The summed E-state index contributed by atoms with van der Waals surface area (Å²) in [5.41, 5.74) is 0. The van der Waals surface area contributed by atoms with Crippen LogP contribution in [0.1, 0.15) is 40.5 Å². The van der Waals surface area contributed by atoms with Gasteiger partial charge in [-0.2, -0.15) is 0 Å². The highest BCUT2D eigenvalue weighted by atomic mass is 32.2. The molecule has 0 fully saturated rings. The molecule has 2 aromatic rings. The summed E-state index contributed by atoms with van der Waals surface area (Å²) in [5.74, 6) is 4.07. The van der Waals surface area contributed by atoms with Gasteiger partial charge in [-0.1, -0.05) is 40.5 Å². The molecule has 2 heterocycles. The standard InChI is InChI=1S/C18H26S4/c1-5-13(3)9-19-15-7-17(21-11-15)18-8-16(12-22-18)20-10-14(4)6-2/h7-8,11-14H,5-6,9-10H2,1-4H3. The van der Waals surface area contributed by atoms with Crippen molar-refractivity contribution in [3.05, 3.63) is 22.9 Å². The first-order chi connectivity index (χ1) is 10.6. The van der Waals surface area contributed by atoms with Crippen molar-refractivity contribution >= 4 is 46.2 Å². The van der Waals surface area contributed by atoms with Gasteiger partial charge >= 0.3 is 0 Å². The van der Waals surface area contributed by atoms with E-state index in [1.807, 2.05) is 46.2 Å². The Morgan fingerprint density at radius 2 is 1.23 bits per heavy atom. The molecule has 0 aliphatic heterocycles. The highest BCUT2D eigenvalue weighted by Gasteiger charge is 2.09. The number of hydrogen-bond donors (Lipinski definition) is 0. The maximum absolute atomic E-state index is 2.37. The first-order valence-electron chi connectivity index (χ1n) is 8.05. The Balaban J connectivity index is 1.92. The summed E-state index contributed by atoms with van der Waals surface area (Å²) in [7, 11) is 0. The fourth-order valence-corrected chi connectivity index (χ4v) is 6.22. The predicted octanol–water partition coefficient (Wildman–Crippen LogP) is 7.75. The molecule has 0 aromatic carbocycles. The molecule has 0 saturated carbocycles. The van der Waals surface area contributed by atoms with E-state index >= 15 is 0 Å². The highest BCUT2D eigenvalue weighted by molar-refractivity contribution is 7.99. The summed E-state index contributed by atoms with van der Waals surface area (Å²) in [6, 6.07) is 4.74. The molecular weight excluding hydrogens is 344 g/mol. The summed E-state index contributed by atoms with van der Waals surface area (Å²) in [6.07, 6.45) is 2.54. The van der Waals surface area contributed by atoms with Crippen LogP contribution in [0.3, 0.4) is 0 Å². The van der Waals surface area contributed by atoms with E-state index in [1.165, 1.54) is 43.9 Å². The lowest BCUT2D eigenvalue weighted by Crippen LogP contribution is -1.94. The molecule has 2 rings (SSSR count). The van der Waals surface area contributed by atoms with Gasteiger partial charge in [0.2, 0.25) is 0 Å². The minimum Gasteiger partial charge on any atom is -0.142 e. The highest BCUT2D eigenvalue weighted by Crippen LogP contribution is 2.38. The lowest BCUT2D eigenvalue weighted by atomic mass is 10.2. The van der Waals surface area contributed by atoms with Crippen molar-refractivity contribution in [1.82, 2.24) is 0 Å². The normalized spacial score (nSPS) is 14.2. The fraction of sp³-hybridized carbons (Fsp3) is 0.556. The molecule has 0 amide bonds. The van der Waals surface area contributed by atoms with Crippen molar-refractivity contribution in [2.45, 2.75) is 50.3 Å². The number of rotatable bonds is 9. The van der Waals surface area contributed by atoms with Crippen LogP contribution in [0.15, 0.2) is 32.7 Å². The fourth-order valence-electron chi connectivity index (χ4n) is 1.76. The van der Waals surface area contributed by atoms with Crippen molar-refractivity contribution < 1.29 is 0 Å². The van der Waals surface area contributed by atoms with Gasteiger partial charge in [-0.3, -0.25) is 0 Å². The number of thiophene rings is 2. The maximum Gasteiger partial charge on any atom is 0.0454 e. The summed E-state index contributed by atoms with van der Waals surface area (Å²) in [6.45, 7) is 9.21. The second-order valence-electron chi connectivity index (χ2n) is 5.94. The number of hydrogen-bond acceptors (Lipinski definition) is 4. The minimum atomic E-state index is 0.804. The Morgan fingerprint density at radius 1 is 0.818 bits per heavy atom. The van der Waals surface area contributed by atoms with E-state index in [0.29, 0.717) is 0 Å². The van der Waals surface area contributed by atoms with E-state index in [-0.39, 0.29) is 0 Å². The van der Waals surface area contributed by atoms with E-state index in [1.54, 1.807) is 0 Å². The van der Waals surface area contributed by atoms with E-state index in [0.717, 1.165) is 11.8 Å². The molecule has 0 bridgehead atoms. The van der Waals surface area contributed by atoms with Crippen LogP contribution < -0.4 is 0 Å². The molecule has 122 valence electrons. The van der Waals surface area contributed by atoms with Gasteiger partial charge < -0.3 is 0 Å². The molecule has 22 heavy (non-hydrogen) atoms. The van der Waals surface area contributed by atoms with Crippen molar-refractivity contribution in [2.24, 2.45) is 11.8 Å². The van der Waals surface area contributed by atoms with Crippen LogP contribution in [0, 0.1) is 11.8 Å². The first-order valence-corrected chi connectivity index (χ1v) is 11.8. The zero-order valence-corrected chi connectivity index (χ0v) is 17.2. The summed E-state index contributed by atoms with van der Waals surface area (Å²) in [5, 5.41) is 4.63. The molecule has 0 aliphatic carbocycles. The van der Waals surface area contributed by atoms with Crippen LogP contribution in [0.5, 0.6) is 0 Å². The van der Waals surface area contributed by atoms with Crippen LogP contribution in [-0.2, 0) is 0 Å². The van der Waals surface area contributed by atoms with Crippen LogP contribution in [0.25, 0.3) is 9.75 Å². The van der Waals surface area contributed by atoms with E-state index in [4.69, 9.17) is 0 Å². The largest absolute Gasteiger partial charge is 0.142 e. The SMILES string of the molecule is CCC(C)CSc1csc(-c2cc(SCC(C)CC)cs2)c1. The Kier molecular flexibility index (Phi) is 7.89. The molecular formula is C18H26S4. The Labute approximate surface area is 152 Å². The van der Waals surface area contributed by atoms with Crippen molar-refractivity contribution in [1.29, 1.82) is 0 Å². The second kappa shape index (κ2) is 9.41. The van der Waals surface area contributed by atoms with Gasteiger partial charge in [-0.25, -0.2) is 0 Å². The van der Waals surface area contributed by atoms with Gasteiger partial charge in [0.15, 0.2) is 0 Å². The zero-order chi connectivity index (χ0) is 15.9. The summed E-state index contributed by atoms with van der Waals surface area (Å²) in [4.78, 5) is 5.71. The van der Waals surface area contributed by atoms with Crippen molar-refractivity contribution in [3.63, 3.8) is 0 Å². The molecule has 0 saturated heterocycles. The van der Waals surface area contributed by atoms with Gasteiger partial charge in [-0.15, -0.1) is 46.2 Å². The molecule has 0 radical (unpaired) electrons. The third-order valence-electron chi connectivity index (χ3n) is 3.86. The van der Waals surface area contributed by atoms with E-state index < -0.39 is 0 Å².